The molecule has 0 aliphatic heterocycles. The standard InChI is InChI=1S/C27H24FN5O2/c1-35-24-11-5-9-21-25(24)31-27(33-20(15-29)13-18-7-2-3-10-22(18)33)32-26(21)30-16-17-6-4-8-19(12-17)23(34)14-28/h2-13H,14-16,29H2,1H3,(H,30,31,32). The minimum absolute atomic E-state index is 0.320. The van der Waals surface area contributed by atoms with Crippen molar-refractivity contribution in [3.05, 3.63) is 89.6 Å². The summed E-state index contributed by atoms with van der Waals surface area (Å²) in [6.45, 7) is -0.322. The number of carbonyl (C=O) groups is 1. The third-order valence-corrected chi connectivity index (χ3v) is 5.92. The first kappa shape index (κ1) is 22.5. The van der Waals surface area contributed by atoms with Gasteiger partial charge in [-0.3, -0.25) is 9.36 Å². The smallest absolute Gasteiger partial charge is 0.237 e. The summed E-state index contributed by atoms with van der Waals surface area (Å²) in [5, 5.41) is 5.20. The molecule has 0 spiro atoms. The number of anilines is 1. The Morgan fingerprint density at radius 1 is 1.06 bits per heavy atom. The fourth-order valence-corrected chi connectivity index (χ4v) is 4.23. The van der Waals surface area contributed by atoms with E-state index in [0.717, 1.165) is 27.5 Å². The molecular formula is C27H24FN5O2. The highest BCUT2D eigenvalue weighted by Gasteiger charge is 2.17. The van der Waals surface area contributed by atoms with Crippen LogP contribution in [-0.2, 0) is 13.1 Å². The molecule has 0 aliphatic rings. The predicted molar refractivity (Wildman–Crippen MR) is 135 cm³/mol. The molecule has 0 bridgehead atoms. The van der Waals surface area contributed by atoms with Gasteiger partial charge in [-0.25, -0.2) is 9.37 Å². The minimum Gasteiger partial charge on any atom is -0.494 e. The molecule has 0 saturated carbocycles. The van der Waals surface area contributed by atoms with Crippen molar-refractivity contribution >= 4 is 33.4 Å². The first-order valence-corrected chi connectivity index (χ1v) is 11.2. The summed E-state index contributed by atoms with van der Waals surface area (Å²) >= 11 is 0. The molecule has 0 saturated heterocycles. The zero-order chi connectivity index (χ0) is 24.4. The van der Waals surface area contributed by atoms with Gasteiger partial charge < -0.3 is 15.8 Å². The number of nitrogens with zero attached hydrogens (tertiary/aromatic N) is 3. The van der Waals surface area contributed by atoms with Crippen LogP contribution in [0.3, 0.4) is 0 Å². The quantitative estimate of drug-likeness (QED) is 0.317. The molecule has 2 heterocycles. The van der Waals surface area contributed by atoms with Gasteiger partial charge in [0.15, 0.2) is 12.5 Å². The van der Waals surface area contributed by atoms with Crippen molar-refractivity contribution in [1.82, 2.24) is 14.5 Å². The predicted octanol–water partition coefficient (Wildman–Crippen LogP) is 4.81. The number of fused-ring (bicyclic) bond motifs is 2. The van der Waals surface area contributed by atoms with Crippen molar-refractivity contribution in [3.8, 4) is 11.7 Å². The molecule has 0 fully saturated rings. The fraction of sp³-hybridized carbons (Fsp3) is 0.148. The van der Waals surface area contributed by atoms with Crippen LogP contribution in [0.1, 0.15) is 21.6 Å². The number of alkyl halides is 1. The number of ketones is 1. The number of benzene rings is 3. The van der Waals surface area contributed by atoms with Crippen LogP contribution in [-0.4, -0.2) is 34.1 Å². The number of ether oxygens (including phenoxy) is 1. The Morgan fingerprint density at radius 2 is 1.89 bits per heavy atom. The fourth-order valence-electron chi connectivity index (χ4n) is 4.23. The van der Waals surface area contributed by atoms with Crippen molar-refractivity contribution in [2.75, 3.05) is 19.1 Å². The third kappa shape index (κ3) is 4.20. The molecule has 0 atom stereocenters. The molecule has 5 rings (SSSR count). The van der Waals surface area contributed by atoms with Gasteiger partial charge in [0.1, 0.15) is 17.1 Å². The third-order valence-electron chi connectivity index (χ3n) is 5.92. The number of carbonyl (C=O) groups excluding carboxylic acids is 1. The van der Waals surface area contributed by atoms with Crippen molar-refractivity contribution < 1.29 is 13.9 Å². The summed E-state index contributed by atoms with van der Waals surface area (Å²) in [6, 6.07) is 22.6. The lowest BCUT2D eigenvalue weighted by Crippen LogP contribution is -2.11. The van der Waals surface area contributed by atoms with Gasteiger partial charge in [-0.15, -0.1) is 0 Å². The van der Waals surface area contributed by atoms with E-state index < -0.39 is 12.5 Å². The van der Waals surface area contributed by atoms with Gasteiger partial charge in [0.2, 0.25) is 5.95 Å². The number of Topliss-reactive ketones (excluding diaryl/α,β-unsaturated/α-hetero) is 1. The molecule has 2 aromatic heterocycles. The molecule has 0 radical (unpaired) electrons. The Balaban J connectivity index is 1.63. The average Bonchev–Trinajstić information content (AvgIpc) is 3.29. The topological polar surface area (TPSA) is 95.1 Å². The lowest BCUT2D eigenvalue weighted by Gasteiger charge is -2.15. The van der Waals surface area contributed by atoms with Crippen LogP contribution < -0.4 is 15.8 Å². The molecule has 0 amide bonds. The van der Waals surface area contributed by atoms with Crippen LogP contribution in [0.25, 0.3) is 27.8 Å². The van der Waals surface area contributed by atoms with Crippen molar-refractivity contribution in [1.29, 1.82) is 0 Å². The molecule has 0 aliphatic carbocycles. The van der Waals surface area contributed by atoms with Gasteiger partial charge in [0.05, 0.1) is 12.6 Å². The number of rotatable bonds is 8. The molecular weight excluding hydrogens is 445 g/mol. The molecule has 0 unspecified atom stereocenters. The van der Waals surface area contributed by atoms with Gasteiger partial charge in [0.25, 0.3) is 0 Å². The molecule has 5 aromatic rings. The van der Waals surface area contributed by atoms with E-state index in [1.807, 2.05) is 59.2 Å². The maximum Gasteiger partial charge on any atom is 0.237 e. The number of para-hydroxylation sites is 2. The Kier molecular flexibility index (Phi) is 6.12. The van der Waals surface area contributed by atoms with Crippen LogP contribution in [0.15, 0.2) is 72.8 Å². The zero-order valence-electron chi connectivity index (χ0n) is 19.2. The largest absolute Gasteiger partial charge is 0.494 e. The van der Waals surface area contributed by atoms with Crippen molar-refractivity contribution in [2.24, 2.45) is 5.73 Å². The monoisotopic (exact) mass is 469 g/mol. The lowest BCUT2D eigenvalue weighted by molar-refractivity contribution is 0.0958. The van der Waals surface area contributed by atoms with Crippen LogP contribution in [0.2, 0.25) is 0 Å². The number of hydrogen-bond donors (Lipinski definition) is 2. The Morgan fingerprint density at radius 3 is 2.69 bits per heavy atom. The van der Waals surface area contributed by atoms with E-state index in [-0.39, 0.29) is 0 Å². The second-order valence-corrected chi connectivity index (χ2v) is 8.07. The Bertz CT molecular complexity index is 1550. The number of aromatic nitrogens is 3. The minimum atomic E-state index is -1.02. The molecule has 7 nitrogen and oxygen atoms in total. The summed E-state index contributed by atoms with van der Waals surface area (Å²) in [7, 11) is 1.60. The highest BCUT2D eigenvalue weighted by atomic mass is 19.1. The lowest BCUT2D eigenvalue weighted by atomic mass is 10.1. The van der Waals surface area contributed by atoms with Gasteiger partial charge in [-0.2, -0.15) is 4.98 Å². The average molecular weight is 470 g/mol. The van der Waals surface area contributed by atoms with E-state index in [9.17, 15) is 9.18 Å². The van der Waals surface area contributed by atoms with Crippen LogP contribution in [0, 0.1) is 0 Å². The number of halogens is 1. The molecule has 3 N–H and O–H groups in total. The van der Waals surface area contributed by atoms with Crippen molar-refractivity contribution in [2.45, 2.75) is 13.1 Å². The second kappa shape index (κ2) is 9.52. The number of nitrogens with one attached hydrogen (secondary N) is 1. The van der Waals surface area contributed by atoms with Gasteiger partial charge in [0, 0.05) is 35.1 Å². The van der Waals surface area contributed by atoms with Crippen molar-refractivity contribution in [3.63, 3.8) is 0 Å². The molecule has 8 heteroatoms. The first-order chi connectivity index (χ1) is 17.1. The normalized spacial score (nSPS) is 11.2. The first-order valence-electron chi connectivity index (χ1n) is 11.2. The van der Waals surface area contributed by atoms with E-state index in [2.05, 4.69) is 5.32 Å². The summed E-state index contributed by atoms with van der Waals surface area (Å²) in [5.74, 6) is 1.15. The van der Waals surface area contributed by atoms with E-state index in [1.54, 1.807) is 25.3 Å². The zero-order valence-corrected chi connectivity index (χ0v) is 19.2. The van der Waals surface area contributed by atoms with E-state index >= 15 is 0 Å². The number of nitrogens with two attached hydrogens (primary N) is 1. The number of hydrogen-bond acceptors (Lipinski definition) is 6. The summed E-state index contributed by atoms with van der Waals surface area (Å²) in [4.78, 5) is 21.5. The van der Waals surface area contributed by atoms with Gasteiger partial charge in [-0.1, -0.05) is 42.5 Å². The highest BCUT2D eigenvalue weighted by molar-refractivity contribution is 5.97. The summed E-state index contributed by atoms with van der Waals surface area (Å²) < 4.78 is 20.4. The summed E-state index contributed by atoms with van der Waals surface area (Å²) in [5.41, 5.74) is 9.73. The SMILES string of the molecule is COc1cccc2c(NCc3cccc(C(=O)CF)c3)nc(-n3c(CN)cc4ccccc43)nc12. The van der Waals surface area contributed by atoms with Crippen LogP contribution in [0.4, 0.5) is 10.2 Å². The van der Waals surface area contributed by atoms with Gasteiger partial charge >= 0.3 is 0 Å². The van der Waals surface area contributed by atoms with E-state index in [1.165, 1.54) is 0 Å². The second-order valence-electron chi connectivity index (χ2n) is 8.07. The molecule has 3 aromatic carbocycles. The van der Waals surface area contributed by atoms with E-state index in [4.69, 9.17) is 20.4 Å². The maximum absolute atomic E-state index is 12.8. The highest BCUT2D eigenvalue weighted by Crippen LogP contribution is 2.31. The Hall–Kier alpha value is -4.30. The van der Waals surface area contributed by atoms with E-state index in [0.29, 0.717) is 41.7 Å². The van der Waals surface area contributed by atoms with Crippen LogP contribution >= 0.6 is 0 Å². The Labute approximate surface area is 201 Å². The van der Waals surface area contributed by atoms with Crippen LogP contribution in [0.5, 0.6) is 5.75 Å². The maximum atomic E-state index is 12.8. The molecule has 35 heavy (non-hydrogen) atoms. The molecule has 176 valence electrons. The summed E-state index contributed by atoms with van der Waals surface area (Å²) in [6.07, 6.45) is 0. The number of methoxy groups -OCH3 is 1. The van der Waals surface area contributed by atoms with Gasteiger partial charge in [-0.05, 0) is 35.9 Å².